The standard InChI is InChI=1S/C22H23N5O4/c1-15(2)26(17-11-7-4-8-12-17)21-19(27(30)31)20(23-14-24-21)25-18(22(28)29)13-16-9-5-3-6-10-16/h3-12,14-15,18H,13H2,1-2H3,(H,28,29)(H,23,24,25). The fourth-order valence-electron chi connectivity index (χ4n) is 3.29. The second-order valence-electron chi connectivity index (χ2n) is 7.18. The summed E-state index contributed by atoms with van der Waals surface area (Å²) in [5.74, 6) is -1.19. The van der Waals surface area contributed by atoms with E-state index in [1.54, 1.807) is 29.2 Å². The van der Waals surface area contributed by atoms with E-state index in [2.05, 4.69) is 15.3 Å². The Hall–Kier alpha value is -4.01. The Bertz CT molecular complexity index is 1040. The number of carbonyl (C=O) groups is 1. The average Bonchev–Trinajstić information content (AvgIpc) is 2.74. The number of anilines is 3. The minimum atomic E-state index is -1.14. The smallest absolute Gasteiger partial charge is 0.353 e. The maximum absolute atomic E-state index is 12.0. The minimum absolute atomic E-state index is 0.0903. The number of hydrogen-bond acceptors (Lipinski definition) is 7. The van der Waals surface area contributed by atoms with E-state index in [4.69, 9.17) is 0 Å². The van der Waals surface area contributed by atoms with E-state index in [0.717, 1.165) is 11.3 Å². The van der Waals surface area contributed by atoms with E-state index in [9.17, 15) is 20.0 Å². The van der Waals surface area contributed by atoms with Gasteiger partial charge in [-0.1, -0.05) is 48.5 Å². The van der Waals surface area contributed by atoms with Crippen molar-refractivity contribution in [3.8, 4) is 0 Å². The Morgan fingerprint density at radius 3 is 2.26 bits per heavy atom. The van der Waals surface area contributed by atoms with Gasteiger partial charge in [-0.15, -0.1) is 0 Å². The molecule has 0 fully saturated rings. The molecule has 3 rings (SSSR count). The van der Waals surface area contributed by atoms with E-state index in [1.807, 2.05) is 50.2 Å². The van der Waals surface area contributed by atoms with Gasteiger partial charge in [0.15, 0.2) is 0 Å². The Morgan fingerprint density at radius 2 is 1.71 bits per heavy atom. The SMILES string of the molecule is CC(C)N(c1ccccc1)c1ncnc(NC(Cc2ccccc2)C(=O)O)c1[N+](=O)[O-]. The monoisotopic (exact) mass is 421 g/mol. The van der Waals surface area contributed by atoms with Gasteiger partial charge in [-0.2, -0.15) is 0 Å². The van der Waals surface area contributed by atoms with Gasteiger partial charge in [0.1, 0.15) is 12.4 Å². The number of para-hydroxylation sites is 1. The van der Waals surface area contributed by atoms with Crippen LogP contribution in [0.15, 0.2) is 67.0 Å². The van der Waals surface area contributed by atoms with Crippen LogP contribution in [-0.4, -0.2) is 38.1 Å². The molecule has 1 atom stereocenters. The van der Waals surface area contributed by atoms with Gasteiger partial charge in [-0.3, -0.25) is 10.1 Å². The van der Waals surface area contributed by atoms with Gasteiger partial charge < -0.3 is 15.3 Å². The minimum Gasteiger partial charge on any atom is -0.480 e. The van der Waals surface area contributed by atoms with Gasteiger partial charge in [-0.25, -0.2) is 14.8 Å². The van der Waals surface area contributed by atoms with E-state index < -0.39 is 16.9 Å². The summed E-state index contributed by atoms with van der Waals surface area (Å²) in [6.45, 7) is 3.78. The molecule has 160 valence electrons. The zero-order valence-electron chi connectivity index (χ0n) is 17.2. The molecule has 2 N–H and O–H groups in total. The number of carboxylic acids is 1. The molecule has 0 aliphatic carbocycles. The average molecular weight is 421 g/mol. The van der Waals surface area contributed by atoms with Gasteiger partial charge in [-0.05, 0) is 31.5 Å². The summed E-state index contributed by atoms with van der Waals surface area (Å²) >= 11 is 0. The molecule has 0 amide bonds. The molecule has 0 spiro atoms. The summed E-state index contributed by atoms with van der Waals surface area (Å²) in [5.41, 5.74) is 1.14. The number of hydrogen-bond donors (Lipinski definition) is 2. The summed E-state index contributed by atoms with van der Waals surface area (Å²) < 4.78 is 0. The van der Waals surface area contributed by atoms with Gasteiger partial charge in [0.05, 0.1) is 4.92 Å². The van der Waals surface area contributed by atoms with Crippen molar-refractivity contribution in [3.63, 3.8) is 0 Å². The molecule has 0 aliphatic rings. The molecule has 1 unspecified atom stereocenters. The van der Waals surface area contributed by atoms with Crippen molar-refractivity contribution >= 4 is 29.0 Å². The van der Waals surface area contributed by atoms with E-state index in [1.165, 1.54) is 6.33 Å². The third-order valence-corrected chi connectivity index (χ3v) is 4.66. The number of rotatable bonds is 9. The van der Waals surface area contributed by atoms with Crippen LogP contribution in [0.3, 0.4) is 0 Å². The van der Waals surface area contributed by atoms with Crippen molar-refractivity contribution in [1.82, 2.24) is 9.97 Å². The Morgan fingerprint density at radius 1 is 1.10 bits per heavy atom. The zero-order valence-corrected chi connectivity index (χ0v) is 17.2. The number of nitrogens with one attached hydrogen (secondary N) is 1. The van der Waals surface area contributed by atoms with Crippen molar-refractivity contribution in [3.05, 3.63) is 82.7 Å². The zero-order chi connectivity index (χ0) is 22.4. The predicted octanol–water partition coefficient (Wildman–Crippen LogP) is 4.04. The van der Waals surface area contributed by atoms with Gasteiger partial charge >= 0.3 is 11.7 Å². The molecule has 0 aliphatic heterocycles. The van der Waals surface area contributed by atoms with Crippen molar-refractivity contribution in [2.45, 2.75) is 32.4 Å². The van der Waals surface area contributed by atoms with Crippen molar-refractivity contribution in [2.75, 3.05) is 10.2 Å². The lowest BCUT2D eigenvalue weighted by Gasteiger charge is -2.28. The van der Waals surface area contributed by atoms with Crippen LogP contribution in [0, 0.1) is 10.1 Å². The summed E-state index contributed by atoms with van der Waals surface area (Å²) in [7, 11) is 0. The van der Waals surface area contributed by atoms with Crippen LogP contribution in [0.2, 0.25) is 0 Å². The van der Waals surface area contributed by atoms with E-state index in [0.29, 0.717) is 0 Å². The number of benzene rings is 2. The second-order valence-corrected chi connectivity index (χ2v) is 7.18. The molecule has 0 saturated heterocycles. The molecule has 0 bridgehead atoms. The second kappa shape index (κ2) is 9.66. The highest BCUT2D eigenvalue weighted by Crippen LogP contribution is 2.37. The molecule has 1 aromatic heterocycles. The molecule has 3 aromatic rings. The van der Waals surface area contributed by atoms with Crippen LogP contribution >= 0.6 is 0 Å². The molecule has 31 heavy (non-hydrogen) atoms. The Balaban J connectivity index is 2.03. The lowest BCUT2D eigenvalue weighted by atomic mass is 10.1. The van der Waals surface area contributed by atoms with Crippen molar-refractivity contribution < 1.29 is 14.8 Å². The van der Waals surface area contributed by atoms with Crippen LogP contribution in [0.25, 0.3) is 0 Å². The molecule has 1 heterocycles. The molecular formula is C22H23N5O4. The molecule has 9 nitrogen and oxygen atoms in total. The number of nitrogens with zero attached hydrogens (tertiary/aromatic N) is 4. The molecule has 9 heteroatoms. The van der Waals surface area contributed by atoms with Crippen molar-refractivity contribution in [1.29, 1.82) is 0 Å². The van der Waals surface area contributed by atoms with E-state index >= 15 is 0 Å². The molecule has 2 aromatic carbocycles. The highest BCUT2D eigenvalue weighted by molar-refractivity contribution is 5.81. The first-order valence-corrected chi connectivity index (χ1v) is 9.75. The number of aromatic nitrogens is 2. The quantitative estimate of drug-likeness (QED) is 0.392. The molecular weight excluding hydrogens is 398 g/mol. The maximum Gasteiger partial charge on any atom is 0.353 e. The van der Waals surface area contributed by atoms with Gasteiger partial charge in [0, 0.05) is 18.2 Å². The lowest BCUT2D eigenvalue weighted by molar-refractivity contribution is -0.383. The number of nitro groups is 1. The third kappa shape index (κ3) is 5.13. The summed E-state index contributed by atoms with van der Waals surface area (Å²) in [6, 6.07) is 17.0. The van der Waals surface area contributed by atoms with E-state index in [-0.39, 0.29) is 29.8 Å². The molecule has 0 radical (unpaired) electrons. The summed E-state index contributed by atoms with van der Waals surface area (Å²) in [6.07, 6.45) is 1.34. The summed E-state index contributed by atoms with van der Waals surface area (Å²) in [5, 5.41) is 24.4. The predicted molar refractivity (Wildman–Crippen MR) is 118 cm³/mol. The van der Waals surface area contributed by atoms with Crippen LogP contribution < -0.4 is 10.2 Å². The fourth-order valence-corrected chi connectivity index (χ4v) is 3.29. The van der Waals surface area contributed by atoms with Gasteiger partial charge in [0.2, 0.25) is 11.6 Å². The maximum atomic E-state index is 12.0. The summed E-state index contributed by atoms with van der Waals surface area (Å²) in [4.78, 5) is 33.2. The first-order chi connectivity index (χ1) is 14.9. The Kier molecular flexibility index (Phi) is 6.76. The highest BCUT2D eigenvalue weighted by Gasteiger charge is 2.31. The normalized spacial score (nSPS) is 11.7. The van der Waals surface area contributed by atoms with Crippen LogP contribution in [0.5, 0.6) is 0 Å². The fraction of sp³-hybridized carbons (Fsp3) is 0.227. The Labute approximate surface area is 179 Å². The van der Waals surface area contributed by atoms with Gasteiger partial charge in [0.25, 0.3) is 0 Å². The third-order valence-electron chi connectivity index (χ3n) is 4.66. The van der Waals surface area contributed by atoms with Crippen molar-refractivity contribution in [2.24, 2.45) is 0 Å². The number of carboxylic acid groups (broad SMARTS) is 1. The molecule has 0 saturated carbocycles. The highest BCUT2D eigenvalue weighted by atomic mass is 16.6. The van der Waals surface area contributed by atoms with Crippen LogP contribution in [0.4, 0.5) is 23.0 Å². The number of aliphatic carboxylic acids is 1. The first kappa shape index (κ1) is 21.7. The largest absolute Gasteiger partial charge is 0.480 e. The van der Waals surface area contributed by atoms with Crippen LogP contribution in [0.1, 0.15) is 19.4 Å². The topological polar surface area (TPSA) is 121 Å². The first-order valence-electron chi connectivity index (χ1n) is 9.75. The lowest BCUT2D eigenvalue weighted by Crippen LogP contribution is -2.33. The van der Waals surface area contributed by atoms with Crippen LogP contribution in [-0.2, 0) is 11.2 Å².